The quantitative estimate of drug-likeness (QED) is 0.541. The van der Waals surface area contributed by atoms with E-state index in [2.05, 4.69) is 10.6 Å². The maximum absolute atomic E-state index is 11.2. The highest BCUT2D eigenvalue weighted by molar-refractivity contribution is 6.05. The van der Waals surface area contributed by atoms with Crippen molar-refractivity contribution in [2.75, 3.05) is 6.54 Å². The molecule has 0 bridgehead atoms. The van der Waals surface area contributed by atoms with Gasteiger partial charge >= 0.3 is 0 Å². The zero-order valence-electron chi connectivity index (χ0n) is 9.17. The van der Waals surface area contributed by atoms with Crippen LogP contribution in [0.15, 0.2) is 0 Å². The minimum absolute atomic E-state index is 0.169. The number of hydrogen-bond acceptors (Lipinski definition) is 4. The minimum Gasteiger partial charge on any atom is -0.389 e. The molecule has 0 spiro atoms. The number of nitrogens with one attached hydrogen (secondary N) is 2. The summed E-state index contributed by atoms with van der Waals surface area (Å²) in [5.41, 5.74) is -0.786. The highest BCUT2D eigenvalue weighted by Gasteiger charge is 2.32. The second-order valence-corrected chi connectivity index (χ2v) is 3.98. The number of hydrogen-bond donors (Lipinski definition) is 3. The lowest BCUT2D eigenvalue weighted by Gasteiger charge is -2.26. The Hall–Kier alpha value is -0.940. The fourth-order valence-electron chi connectivity index (χ4n) is 1.53. The molecule has 1 unspecified atom stereocenters. The fourth-order valence-corrected chi connectivity index (χ4v) is 1.53. The fraction of sp³-hybridized carbons (Fsp3) is 0.800. The molecule has 2 amide bonds. The summed E-state index contributed by atoms with van der Waals surface area (Å²) in [6.07, 6.45) is 1.42. The number of carbonyl (C=O) groups excluding carboxylic acids is 2. The summed E-state index contributed by atoms with van der Waals surface area (Å²) < 4.78 is 0. The van der Waals surface area contributed by atoms with Crippen LogP contribution in [0.4, 0.5) is 0 Å². The highest BCUT2D eigenvalue weighted by Crippen LogP contribution is 2.14. The number of aliphatic hydroxyl groups is 1. The van der Waals surface area contributed by atoms with Gasteiger partial charge in [-0.3, -0.25) is 14.9 Å². The van der Waals surface area contributed by atoms with E-state index in [1.807, 2.05) is 13.8 Å². The SMILES string of the molecule is CCC(O)(CC)CNC1CC(=O)NC1=O. The van der Waals surface area contributed by atoms with Crippen molar-refractivity contribution in [2.45, 2.75) is 44.8 Å². The smallest absolute Gasteiger partial charge is 0.244 e. The van der Waals surface area contributed by atoms with Crippen LogP contribution >= 0.6 is 0 Å². The van der Waals surface area contributed by atoms with E-state index in [9.17, 15) is 14.7 Å². The molecule has 0 aromatic heterocycles. The Labute approximate surface area is 89.2 Å². The maximum Gasteiger partial charge on any atom is 0.244 e. The average molecular weight is 214 g/mol. The van der Waals surface area contributed by atoms with Gasteiger partial charge in [-0.15, -0.1) is 0 Å². The normalized spacial score (nSPS) is 21.9. The average Bonchev–Trinajstić information content (AvgIpc) is 2.54. The zero-order chi connectivity index (χ0) is 11.5. The third-order valence-corrected chi connectivity index (χ3v) is 2.96. The first-order chi connectivity index (χ1) is 7.00. The van der Waals surface area contributed by atoms with Crippen molar-refractivity contribution >= 4 is 11.8 Å². The molecule has 1 saturated heterocycles. The molecule has 1 atom stereocenters. The molecule has 1 aliphatic heterocycles. The van der Waals surface area contributed by atoms with Crippen LogP contribution in [0.1, 0.15) is 33.1 Å². The Morgan fingerprint density at radius 1 is 1.47 bits per heavy atom. The van der Waals surface area contributed by atoms with E-state index in [0.29, 0.717) is 19.4 Å². The van der Waals surface area contributed by atoms with E-state index in [1.165, 1.54) is 0 Å². The molecule has 5 heteroatoms. The van der Waals surface area contributed by atoms with Gasteiger partial charge in [0, 0.05) is 6.54 Å². The molecule has 0 aromatic rings. The van der Waals surface area contributed by atoms with E-state index in [4.69, 9.17) is 0 Å². The van der Waals surface area contributed by atoms with E-state index in [-0.39, 0.29) is 18.2 Å². The van der Waals surface area contributed by atoms with E-state index in [0.717, 1.165) is 0 Å². The molecule has 86 valence electrons. The molecule has 0 aliphatic carbocycles. The molecule has 1 fully saturated rings. The van der Waals surface area contributed by atoms with Crippen LogP contribution in [0, 0.1) is 0 Å². The van der Waals surface area contributed by atoms with Crippen LogP contribution in [0.25, 0.3) is 0 Å². The first kappa shape index (κ1) is 12.1. The summed E-state index contributed by atoms with van der Waals surface area (Å²) in [5.74, 6) is -0.552. The van der Waals surface area contributed by atoms with Crippen LogP contribution in [0.5, 0.6) is 0 Å². The molecule has 0 saturated carbocycles. The minimum atomic E-state index is -0.786. The zero-order valence-corrected chi connectivity index (χ0v) is 9.17. The molecule has 1 rings (SSSR count). The van der Waals surface area contributed by atoms with E-state index in [1.54, 1.807) is 0 Å². The lowest BCUT2D eigenvalue weighted by atomic mass is 9.97. The topological polar surface area (TPSA) is 78.4 Å². The van der Waals surface area contributed by atoms with Gasteiger partial charge in [-0.1, -0.05) is 13.8 Å². The maximum atomic E-state index is 11.2. The molecular formula is C10H18N2O3. The van der Waals surface area contributed by atoms with Gasteiger partial charge in [0.1, 0.15) is 0 Å². The summed E-state index contributed by atoms with van der Waals surface area (Å²) in [4.78, 5) is 22.1. The molecule has 1 aliphatic rings. The standard InChI is InChI=1S/C10H18N2O3/c1-3-10(15,4-2)6-11-7-5-8(13)12-9(7)14/h7,11,15H,3-6H2,1-2H3,(H,12,13,14). The third kappa shape index (κ3) is 3.00. The second-order valence-electron chi connectivity index (χ2n) is 3.98. The molecule has 5 nitrogen and oxygen atoms in total. The predicted octanol–water partition coefficient (Wildman–Crippen LogP) is -0.458. The van der Waals surface area contributed by atoms with Crippen molar-refractivity contribution in [1.29, 1.82) is 0 Å². The summed E-state index contributed by atoms with van der Waals surface area (Å²) in [6.45, 7) is 4.13. The Balaban J connectivity index is 2.43. The monoisotopic (exact) mass is 214 g/mol. The van der Waals surface area contributed by atoms with Gasteiger partial charge < -0.3 is 10.4 Å². The van der Waals surface area contributed by atoms with Crippen molar-refractivity contribution in [2.24, 2.45) is 0 Å². The third-order valence-electron chi connectivity index (χ3n) is 2.96. The second kappa shape index (κ2) is 4.72. The molecule has 0 aromatic carbocycles. The van der Waals surface area contributed by atoms with Gasteiger partial charge in [-0.2, -0.15) is 0 Å². The van der Waals surface area contributed by atoms with Crippen LogP contribution in [-0.4, -0.2) is 35.1 Å². The van der Waals surface area contributed by atoms with E-state index >= 15 is 0 Å². The van der Waals surface area contributed by atoms with Crippen molar-refractivity contribution < 1.29 is 14.7 Å². The summed E-state index contributed by atoms with van der Waals surface area (Å²) in [7, 11) is 0. The van der Waals surface area contributed by atoms with Gasteiger partial charge in [0.15, 0.2) is 0 Å². The Morgan fingerprint density at radius 2 is 2.07 bits per heavy atom. The number of amides is 2. The Kier molecular flexibility index (Phi) is 3.82. The predicted molar refractivity (Wildman–Crippen MR) is 55.1 cm³/mol. The largest absolute Gasteiger partial charge is 0.389 e. The van der Waals surface area contributed by atoms with Crippen molar-refractivity contribution in [3.63, 3.8) is 0 Å². The Morgan fingerprint density at radius 3 is 2.47 bits per heavy atom. The first-order valence-electron chi connectivity index (χ1n) is 5.30. The van der Waals surface area contributed by atoms with Gasteiger partial charge in [-0.25, -0.2) is 0 Å². The van der Waals surface area contributed by atoms with E-state index < -0.39 is 11.6 Å². The molecular weight excluding hydrogens is 196 g/mol. The lowest BCUT2D eigenvalue weighted by Crippen LogP contribution is -2.46. The van der Waals surface area contributed by atoms with Crippen molar-refractivity contribution in [3.8, 4) is 0 Å². The number of imide groups is 1. The number of rotatable bonds is 5. The van der Waals surface area contributed by atoms with Crippen LogP contribution in [0.2, 0.25) is 0 Å². The van der Waals surface area contributed by atoms with Crippen LogP contribution in [0.3, 0.4) is 0 Å². The van der Waals surface area contributed by atoms with Crippen molar-refractivity contribution in [3.05, 3.63) is 0 Å². The highest BCUT2D eigenvalue weighted by atomic mass is 16.3. The van der Waals surface area contributed by atoms with Crippen LogP contribution in [-0.2, 0) is 9.59 Å². The van der Waals surface area contributed by atoms with Crippen molar-refractivity contribution in [1.82, 2.24) is 10.6 Å². The summed E-state index contributed by atoms with van der Waals surface area (Å²) in [5, 5.41) is 15.1. The van der Waals surface area contributed by atoms with Gasteiger partial charge in [-0.05, 0) is 12.8 Å². The summed E-state index contributed by atoms with van der Waals surface area (Å²) >= 11 is 0. The first-order valence-corrected chi connectivity index (χ1v) is 5.30. The summed E-state index contributed by atoms with van der Waals surface area (Å²) in [6, 6.07) is -0.484. The lowest BCUT2D eigenvalue weighted by molar-refractivity contribution is -0.125. The van der Waals surface area contributed by atoms with Gasteiger partial charge in [0.05, 0.1) is 18.1 Å². The molecule has 15 heavy (non-hydrogen) atoms. The number of carbonyl (C=O) groups is 2. The molecule has 1 heterocycles. The van der Waals surface area contributed by atoms with Gasteiger partial charge in [0.2, 0.25) is 11.8 Å². The molecule has 3 N–H and O–H groups in total. The molecule has 0 radical (unpaired) electrons. The Bertz CT molecular complexity index is 261. The van der Waals surface area contributed by atoms with Gasteiger partial charge in [0.25, 0.3) is 0 Å². The van der Waals surface area contributed by atoms with Crippen LogP contribution < -0.4 is 10.6 Å².